The molecular formula is C13H21NO2S. The van der Waals surface area contributed by atoms with Crippen molar-refractivity contribution >= 4 is 17.4 Å². The predicted molar refractivity (Wildman–Crippen MR) is 71.2 cm³/mol. The third kappa shape index (κ3) is 4.77. The zero-order valence-corrected chi connectivity index (χ0v) is 12.0. The molecule has 1 amide bonds. The van der Waals surface area contributed by atoms with Gasteiger partial charge in [0.15, 0.2) is 0 Å². The molecule has 1 heterocycles. The van der Waals surface area contributed by atoms with Gasteiger partial charge in [-0.3, -0.25) is 0 Å². The van der Waals surface area contributed by atoms with Gasteiger partial charge in [0.1, 0.15) is 5.60 Å². The lowest BCUT2D eigenvalue weighted by atomic mass is 10.2. The van der Waals surface area contributed by atoms with Crippen molar-refractivity contribution < 1.29 is 9.53 Å². The van der Waals surface area contributed by atoms with E-state index in [0.717, 1.165) is 0 Å². The summed E-state index contributed by atoms with van der Waals surface area (Å²) in [6.45, 7) is 10.3. The summed E-state index contributed by atoms with van der Waals surface area (Å²) in [4.78, 5) is 15.0. The Hall–Kier alpha value is -1.03. The summed E-state index contributed by atoms with van der Waals surface area (Å²) >= 11 is 1.65. The first kappa shape index (κ1) is 14.0. The molecule has 0 radical (unpaired) electrons. The van der Waals surface area contributed by atoms with E-state index in [9.17, 15) is 4.79 Å². The summed E-state index contributed by atoms with van der Waals surface area (Å²) in [5, 5.41) is 2.02. The van der Waals surface area contributed by atoms with Gasteiger partial charge in [-0.05, 0) is 46.1 Å². The molecule has 0 bridgehead atoms. The second kappa shape index (κ2) is 5.54. The molecule has 0 aliphatic carbocycles. The average molecular weight is 255 g/mol. The highest BCUT2D eigenvalue weighted by atomic mass is 32.1. The topological polar surface area (TPSA) is 29.5 Å². The first-order chi connectivity index (χ1) is 7.79. The van der Waals surface area contributed by atoms with Gasteiger partial charge in [-0.25, -0.2) is 4.79 Å². The van der Waals surface area contributed by atoms with Crippen LogP contribution in [0.2, 0.25) is 0 Å². The van der Waals surface area contributed by atoms with Gasteiger partial charge in [0.2, 0.25) is 0 Å². The molecule has 0 spiro atoms. The zero-order chi connectivity index (χ0) is 13.1. The second-order valence-corrected chi connectivity index (χ2v) is 6.31. The largest absolute Gasteiger partial charge is 0.444 e. The van der Waals surface area contributed by atoms with Crippen LogP contribution < -0.4 is 0 Å². The maximum absolute atomic E-state index is 12.0. The number of carbonyl (C=O) groups is 1. The molecule has 1 rings (SSSR count). The fraction of sp³-hybridized carbons (Fsp3) is 0.615. The van der Waals surface area contributed by atoms with Crippen LogP contribution in [0.3, 0.4) is 0 Å². The van der Waals surface area contributed by atoms with Crippen LogP contribution >= 0.6 is 11.3 Å². The number of rotatable bonds is 3. The Morgan fingerprint density at radius 2 is 2.12 bits per heavy atom. The Bertz CT molecular complexity index is 352. The molecule has 0 N–H and O–H groups in total. The smallest absolute Gasteiger partial charge is 0.410 e. The fourth-order valence-electron chi connectivity index (χ4n) is 1.35. The van der Waals surface area contributed by atoms with Gasteiger partial charge in [-0.1, -0.05) is 6.07 Å². The van der Waals surface area contributed by atoms with Crippen molar-refractivity contribution in [3.63, 3.8) is 0 Å². The van der Waals surface area contributed by atoms with Crippen LogP contribution in [0.15, 0.2) is 17.5 Å². The van der Waals surface area contributed by atoms with Crippen molar-refractivity contribution in [2.45, 2.75) is 52.8 Å². The molecule has 96 valence electrons. The molecule has 1 aromatic heterocycles. The molecule has 0 saturated heterocycles. The summed E-state index contributed by atoms with van der Waals surface area (Å²) < 4.78 is 5.40. The lowest BCUT2D eigenvalue weighted by Crippen LogP contribution is -2.40. The summed E-state index contributed by atoms with van der Waals surface area (Å²) in [5.74, 6) is 0. The minimum Gasteiger partial charge on any atom is -0.444 e. The molecule has 4 heteroatoms. The highest BCUT2D eigenvalue weighted by molar-refractivity contribution is 7.09. The van der Waals surface area contributed by atoms with Crippen LogP contribution in [0.25, 0.3) is 0 Å². The highest BCUT2D eigenvalue weighted by Gasteiger charge is 2.24. The van der Waals surface area contributed by atoms with E-state index in [2.05, 4.69) is 0 Å². The summed E-state index contributed by atoms with van der Waals surface area (Å²) in [5.41, 5.74) is -0.445. The molecule has 0 aliphatic heterocycles. The number of nitrogens with zero attached hydrogens (tertiary/aromatic N) is 1. The summed E-state index contributed by atoms with van der Waals surface area (Å²) in [6, 6.07) is 4.16. The molecule has 0 aromatic carbocycles. The SMILES string of the molecule is CC(C)N(Cc1cccs1)C(=O)OC(C)(C)C. The number of carbonyl (C=O) groups excluding carboxylic acids is 1. The van der Waals surface area contributed by atoms with Crippen LogP contribution in [-0.2, 0) is 11.3 Å². The van der Waals surface area contributed by atoms with Crippen molar-refractivity contribution in [2.24, 2.45) is 0 Å². The highest BCUT2D eigenvalue weighted by Crippen LogP contribution is 2.17. The minimum absolute atomic E-state index is 0.131. The van der Waals surface area contributed by atoms with Gasteiger partial charge >= 0.3 is 6.09 Å². The van der Waals surface area contributed by atoms with E-state index in [0.29, 0.717) is 6.54 Å². The second-order valence-electron chi connectivity index (χ2n) is 5.28. The molecule has 1 aromatic rings. The zero-order valence-electron chi connectivity index (χ0n) is 11.2. The van der Waals surface area contributed by atoms with Crippen molar-refractivity contribution in [2.75, 3.05) is 0 Å². The van der Waals surface area contributed by atoms with Crippen LogP contribution in [0, 0.1) is 0 Å². The lowest BCUT2D eigenvalue weighted by Gasteiger charge is -2.29. The molecule has 3 nitrogen and oxygen atoms in total. The van der Waals surface area contributed by atoms with Crippen molar-refractivity contribution in [1.82, 2.24) is 4.90 Å². The van der Waals surface area contributed by atoms with Gasteiger partial charge in [-0.15, -0.1) is 11.3 Å². The van der Waals surface area contributed by atoms with E-state index in [-0.39, 0.29) is 12.1 Å². The van der Waals surface area contributed by atoms with E-state index >= 15 is 0 Å². The minimum atomic E-state index is -0.445. The molecule has 0 saturated carbocycles. The van der Waals surface area contributed by atoms with Gasteiger partial charge in [0.25, 0.3) is 0 Å². The van der Waals surface area contributed by atoms with Crippen molar-refractivity contribution in [3.05, 3.63) is 22.4 Å². The van der Waals surface area contributed by atoms with Crippen LogP contribution in [-0.4, -0.2) is 22.6 Å². The van der Waals surface area contributed by atoms with Gasteiger partial charge < -0.3 is 9.64 Å². The van der Waals surface area contributed by atoms with E-state index in [1.54, 1.807) is 16.2 Å². The first-order valence-electron chi connectivity index (χ1n) is 5.81. The predicted octanol–water partition coefficient (Wildman–Crippen LogP) is 3.89. The number of hydrogen-bond donors (Lipinski definition) is 0. The quantitative estimate of drug-likeness (QED) is 0.820. The van der Waals surface area contributed by atoms with Crippen molar-refractivity contribution in [1.29, 1.82) is 0 Å². The fourth-order valence-corrected chi connectivity index (χ4v) is 2.05. The molecule has 0 atom stereocenters. The molecule has 0 fully saturated rings. The maximum atomic E-state index is 12.0. The molecular weight excluding hydrogens is 234 g/mol. The number of hydrogen-bond acceptors (Lipinski definition) is 3. The standard InChI is InChI=1S/C13H21NO2S/c1-10(2)14(9-11-7-6-8-17-11)12(15)16-13(3,4)5/h6-8,10H,9H2,1-5H3. The Kier molecular flexibility index (Phi) is 4.57. The third-order valence-electron chi connectivity index (χ3n) is 2.16. The molecule has 17 heavy (non-hydrogen) atoms. The van der Waals surface area contributed by atoms with E-state index in [1.165, 1.54) is 4.88 Å². The number of thiophene rings is 1. The monoisotopic (exact) mass is 255 g/mol. The van der Waals surface area contributed by atoms with Gasteiger partial charge in [0, 0.05) is 10.9 Å². The number of ether oxygens (including phenoxy) is 1. The summed E-state index contributed by atoms with van der Waals surface area (Å²) in [6.07, 6.45) is -0.249. The maximum Gasteiger partial charge on any atom is 0.410 e. The van der Waals surface area contributed by atoms with Crippen molar-refractivity contribution in [3.8, 4) is 0 Å². The average Bonchev–Trinajstić information content (AvgIpc) is 2.62. The molecule has 0 unspecified atom stereocenters. The summed E-state index contributed by atoms with van der Waals surface area (Å²) in [7, 11) is 0. The van der Waals surface area contributed by atoms with E-state index in [1.807, 2.05) is 52.1 Å². The Morgan fingerprint density at radius 1 is 1.47 bits per heavy atom. The molecule has 0 aliphatic rings. The van der Waals surface area contributed by atoms with Gasteiger partial charge in [-0.2, -0.15) is 0 Å². The lowest BCUT2D eigenvalue weighted by molar-refractivity contribution is 0.0174. The Morgan fingerprint density at radius 3 is 2.53 bits per heavy atom. The Balaban J connectivity index is 2.69. The third-order valence-corrected chi connectivity index (χ3v) is 3.02. The normalized spacial score (nSPS) is 11.6. The van der Waals surface area contributed by atoms with Gasteiger partial charge in [0.05, 0.1) is 6.54 Å². The van der Waals surface area contributed by atoms with E-state index in [4.69, 9.17) is 4.74 Å². The van der Waals surface area contributed by atoms with Crippen LogP contribution in [0.4, 0.5) is 4.79 Å². The first-order valence-corrected chi connectivity index (χ1v) is 6.69. The van der Waals surface area contributed by atoms with E-state index < -0.39 is 5.60 Å². The van der Waals surface area contributed by atoms with Crippen LogP contribution in [0.5, 0.6) is 0 Å². The van der Waals surface area contributed by atoms with Crippen LogP contribution in [0.1, 0.15) is 39.5 Å². The Labute approximate surface area is 107 Å². The number of amides is 1.